The van der Waals surface area contributed by atoms with E-state index in [9.17, 15) is 35.5 Å². The number of ether oxygens (including phenoxy) is 1. The summed E-state index contributed by atoms with van der Waals surface area (Å²) in [7, 11) is 1.72. The number of carbonyl (C=O) groups excluding carboxylic acids is 1. The van der Waals surface area contributed by atoms with E-state index < -0.39 is 41.5 Å². The van der Waals surface area contributed by atoms with Gasteiger partial charge >= 0.3 is 12.4 Å². The molecule has 1 heterocycles. The Hall–Kier alpha value is -2.62. The summed E-state index contributed by atoms with van der Waals surface area (Å²) < 4.78 is 99.8. The van der Waals surface area contributed by atoms with Gasteiger partial charge in [-0.05, 0) is 73.6 Å². The Balaban J connectivity index is 1.65. The fourth-order valence-corrected chi connectivity index (χ4v) is 5.60. The molecule has 4 rings (SSSR count). The number of hydrogen-bond acceptors (Lipinski definition) is 2. The number of rotatable bonds is 5. The van der Waals surface area contributed by atoms with E-state index in [0.29, 0.717) is 37.8 Å². The average molecular weight is 517 g/mol. The summed E-state index contributed by atoms with van der Waals surface area (Å²) >= 11 is 0. The Labute approximate surface area is 204 Å². The summed E-state index contributed by atoms with van der Waals surface area (Å²) in [6, 6.07) is 7.21. The van der Waals surface area contributed by atoms with Crippen LogP contribution in [0.25, 0.3) is 0 Å². The summed E-state index contributed by atoms with van der Waals surface area (Å²) in [6.45, 7) is 1.43. The molecule has 0 aromatic heterocycles. The number of likely N-dealkylation sites (tertiary alicyclic amines) is 1. The minimum Gasteiger partial charge on any atom is -0.370 e. The van der Waals surface area contributed by atoms with Crippen LogP contribution < -0.4 is 0 Å². The lowest BCUT2D eigenvalue weighted by molar-refractivity contribution is -0.143. The maximum atomic E-state index is 13.6. The van der Waals surface area contributed by atoms with Crippen molar-refractivity contribution in [2.75, 3.05) is 7.05 Å². The van der Waals surface area contributed by atoms with Gasteiger partial charge in [0.1, 0.15) is 5.82 Å². The SMILES string of the molecule is C[C@@H](O[C@H]1CCC([C@@H]2CCC(=O)N2C)[C@@H]1c1ccc(F)cc1)c1cc(C(F)(F)F)cc(C(F)(F)F)c1. The molecule has 2 fully saturated rings. The molecule has 5 atom stereocenters. The summed E-state index contributed by atoms with van der Waals surface area (Å²) in [5, 5.41) is 0. The quantitative estimate of drug-likeness (QED) is 0.395. The Bertz CT molecular complexity index is 1060. The lowest BCUT2D eigenvalue weighted by Gasteiger charge is -2.34. The Morgan fingerprint density at radius 2 is 1.50 bits per heavy atom. The second-order valence-electron chi connectivity index (χ2n) is 9.59. The van der Waals surface area contributed by atoms with E-state index in [4.69, 9.17) is 4.74 Å². The molecule has 10 heteroatoms. The fraction of sp³-hybridized carbons (Fsp3) is 0.500. The molecule has 0 radical (unpaired) electrons. The number of alkyl halides is 6. The van der Waals surface area contributed by atoms with Crippen molar-refractivity contribution in [2.45, 2.75) is 69.1 Å². The summed E-state index contributed by atoms with van der Waals surface area (Å²) in [5.41, 5.74) is -2.27. The van der Waals surface area contributed by atoms with Crippen molar-refractivity contribution >= 4 is 5.91 Å². The van der Waals surface area contributed by atoms with Crippen LogP contribution in [0, 0.1) is 11.7 Å². The lowest BCUT2D eigenvalue weighted by Crippen LogP contribution is -2.37. The molecule has 1 saturated carbocycles. The molecular formula is C26H26F7NO2. The van der Waals surface area contributed by atoms with Crippen molar-refractivity contribution in [3.8, 4) is 0 Å². The van der Waals surface area contributed by atoms with E-state index in [2.05, 4.69) is 0 Å². The lowest BCUT2D eigenvalue weighted by atomic mass is 9.82. The minimum absolute atomic E-state index is 0.0132. The van der Waals surface area contributed by atoms with Gasteiger partial charge in [-0.1, -0.05) is 12.1 Å². The van der Waals surface area contributed by atoms with Gasteiger partial charge in [-0.2, -0.15) is 26.3 Å². The molecule has 1 saturated heterocycles. The Morgan fingerprint density at radius 3 is 2.00 bits per heavy atom. The number of carbonyl (C=O) groups is 1. The standard InChI is InChI=1S/C26H26F7NO2/c1-14(16-11-17(25(28,29)30)13-18(12-16)26(31,32)33)36-22-9-7-20(21-8-10-23(35)34(21)2)24(22)15-3-5-19(27)6-4-15/h3-6,11-14,20-22,24H,7-10H2,1-2H3/t14-,20?,21+,22+,24+/m1/s1. The summed E-state index contributed by atoms with van der Waals surface area (Å²) in [4.78, 5) is 13.9. The van der Waals surface area contributed by atoms with Gasteiger partial charge in [-0.25, -0.2) is 4.39 Å². The predicted molar refractivity (Wildman–Crippen MR) is 117 cm³/mol. The average Bonchev–Trinajstić information content (AvgIpc) is 3.35. The van der Waals surface area contributed by atoms with Crippen molar-refractivity contribution in [1.29, 1.82) is 0 Å². The molecule has 0 spiro atoms. The van der Waals surface area contributed by atoms with E-state index in [1.165, 1.54) is 19.1 Å². The molecule has 0 bridgehead atoms. The molecule has 0 N–H and O–H groups in total. The van der Waals surface area contributed by atoms with Crippen LogP contribution in [0.5, 0.6) is 0 Å². The van der Waals surface area contributed by atoms with Gasteiger partial charge in [0, 0.05) is 25.4 Å². The monoisotopic (exact) mass is 517 g/mol. The van der Waals surface area contributed by atoms with Gasteiger partial charge in [0.25, 0.3) is 0 Å². The van der Waals surface area contributed by atoms with Gasteiger partial charge in [0.2, 0.25) is 5.91 Å². The first kappa shape index (κ1) is 26.4. The van der Waals surface area contributed by atoms with Crippen LogP contribution in [-0.4, -0.2) is 30.0 Å². The number of hydrogen-bond donors (Lipinski definition) is 0. The Morgan fingerprint density at radius 1 is 0.917 bits per heavy atom. The number of halogens is 7. The molecule has 2 aliphatic rings. The second-order valence-corrected chi connectivity index (χ2v) is 9.59. The normalized spacial score (nSPS) is 26.0. The second kappa shape index (κ2) is 9.68. The third-order valence-corrected chi connectivity index (χ3v) is 7.40. The van der Waals surface area contributed by atoms with Crippen molar-refractivity contribution in [2.24, 2.45) is 5.92 Å². The van der Waals surface area contributed by atoms with E-state index in [1.54, 1.807) is 24.1 Å². The van der Waals surface area contributed by atoms with Crippen molar-refractivity contribution in [3.63, 3.8) is 0 Å². The fourth-order valence-electron chi connectivity index (χ4n) is 5.60. The molecular weight excluding hydrogens is 491 g/mol. The highest BCUT2D eigenvalue weighted by atomic mass is 19.4. The third kappa shape index (κ3) is 5.38. The van der Waals surface area contributed by atoms with Crippen LogP contribution in [0.3, 0.4) is 0 Å². The van der Waals surface area contributed by atoms with Crippen LogP contribution in [0.2, 0.25) is 0 Å². The smallest absolute Gasteiger partial charge is 0.370 e. The van der Waals surface area contributed by atoms with Gasteiger partial charge in [-0.15, -0.1) is 0 Å². The first-order chi connectivity index (χ1) is 16.8. The zero-order valence-corrected chi connectivity index (χ0v) is 19.7. The predicted octanol–water partition coefficient (Wildman–Crippen LogP) is 7.12. The van der Waals surface area contributed by atoms with E-state index in [0.717, 1.165) is 5.56 Å². The molecule has 36 heavy (non-hydrogen) atoms. The zero-order valence-electron chi connectivity index (χ0n) is 19.7. The van der Waals surface area contributed by atoms with E-state index >= 15 is 0 Å². The van der Waals surface area contributed by atoms with Crippen LogP contribution in [0.4, 0.5) is 30.7 Å². The topological polar surface area (TPSA) is 29.5 Å². The first-order valence-corrected chi connectivity index (χ1v) is 11.7. The van der Waals surface area contributed by atoms with Gasteiger partial charge < -0.3 is 9.64 Å². The molecule has 2 aromatic rings. The van der Waals surface area contributed by atoms with Crippen LogP contribution >= 0.6 is 0 Å². The number of benzene rings is 2. The molecule has 1 aliphatic heterocycles. The highest BCUT2D eigenvalue weighted by molar-refractivity contribution is 5.78. The first-order valence-electron chi connectivity index (χ1n) is 11.7. The largest absolute Gasteiger partial charge is 0.416 e. The molecule has 1 unspecified atom stereocenters. The Kier molecular flexibility index (Phi) is 7.11. The molecule has 3 nitrogen and oxygen atoms in total. The van der Waals surface area contributed by atoms with Crippen LogP contribution in [-0.2, 0) is 21.9 Å². The molecule has 1 aliphatic carbocycles. The minimum atomic E-state index is -4.95. The number of nitrogens with zero attached hydrogens (tertiary/aromatic N) is 1. The van der Waals surface area contributed by atoms with E-state index in [-0.39, 0.29) is 35.4 Å². The third-order valence-electron chi connectivity index (χ3n) is 7.40. The highest BCUT2D eigenvalue weighted by Crippen LogP contribution is 2.48. The van der Waals surface area contributed by atoms with Crippen LogP contribution in [0.15, 0.2) is 42.5 Å². The number of amides is 1. The van der Waals surface area contributed by atoms with Gasteiger partial charge in [-0.3, -0.25) is 4.79 Å². The summed E-state index contributed by atoms with van der Waals surface area (Å²) in [6.07, 6.45) is -9.32. The summed E-state index contributed by atoms with van der Waals surface area (Å²) in [5.74, 6) is -0.772. The van der Waals surface area contributed by atoms with Crippen molar-refractivity contribution in [3.05, 3.63) is 70.5 Å². The zero-order chi connectivity index (χ0) is 26.4. The maximum absolute atomic E-state index is 13.6. The molecule has 196 valence electrons. The van der Waals surface area contributed by atoms with Crippen molar-refractivity contribution < 1.29 is 40.3 Å². The maximum Gasteiger partial charge on any atom is 0.416 e. The van der Waals surface area contributed by atoms with E-state index in [1.807, 2.05) is 0 Å². The molecule has 1 amide bonds. The molecule has 2 aromatic carbocycles. The highest BCUT2D eigenvalue weighted by Gasteiger charge is 2.46. The van der Waals surface area contributed by atoms with Crippen LogP contribution in [0.1, 0.15) is 66.9 Å². The van der Waals surface area contributed by atoms with Gasteiger partial charge in [0.15, 0.2) is 0 Å². The van der Waals surface area contributed by atoms with Gasteiger partial charge in [0.05, 0.1) is 23.3 Å². The van der Waals surface area contributed by atoms with Crippen molar-refractivity contribution in [1.82, 2.24) is 4.90 Å².